The van der Waals surface area contributed by atoms with Gasteiger partial charge in [-0.3, -0.25) is 9.69 Å². The minimum Gasteiger partial charge on any atom is -0.355 e. The molecule has 19 heavy (non-hydrogen) atoms. The van der Waals surface area contributed by atoms with Crippen LogP contribution in [0.5, 0.6) is 0 Å². The lowest BCUT2D eigenvalue weighted by Crippen LogP contribution is -2.48. The molecule has 1 aliphatic heterocycles. The molecule has 2 rings (SSSR count). The molecule has 0 bridgehead atoms. The molecule has 1 saturated heterocycles. The Morgan fingerprint density at radius 3 is 2.89 bits per heavy atom. The van der Waals surface area contributed by atoms with Crippen LogP contribution in [-0.4, -0.2) is 43.0 Å². The largest absolute Gasteiger partial charge is 0.355 e. The minimum atomic E-state index is 0.178. The zero-order chi connectivity index (χ0) is 13.7. The lowest BCUT2D eigenvalue weighted by atomic mass is 9.84. The lowest BCUT2D eigenvalue weighted by molar-refractivity contribution is -0.127. The molecule has 0 aromatic carbocycles. The summed E-state index contributed by atoms with van der Waals surface area (Å²) in [6, 6.07) is 0.717. The molecular formula is C15H29N3O. The third-order valence-electron chi connectivity index (χ3n) is 4.69. The molecule has 1 heterocycles. The summed E-state index contributed by atoms with van der Waals surface area (Å²) in [5, 5.41) is 2.94. The van der Waals surface area contributed by atoms with Gasteiger partial charge in [0.1, 0.15) is 0 Å². The normalized spacial score (nSPS) is 33.1. The smallest absolute Gasteiger partial charge is 0.224 e. The molecule has 0 aromatic heterocycles. The number of rotatable bonds is 4. The van der Waals surface area contributed by atoms with E-state index < -0.39 is 0 Å². The first-order chi connectivity index (χ1) is 9.20. The summed E-state index contributed by atoms with van der Waals surface area (Å²) in [7, 11) is 0. The van der Waals surface area contributed by atoms with Gasteiger partial charge < -0.3 is 11.1 Å². The minimum absolute atomic E-state index is 0.178. The van der Waals surface area contributed by atoms with Crippen LogP contribution in [-0.2, 0) is 4.79 Å². The van der Waals surface area contributed by atoms with Gasteiger partial charge in [0.15, 0.2) is 0 Å². The molecule has 1 saturated carbocycles. The number of carbonyl (C=O) groups is 1. The van der Waals surface area contributed by atoms with Crippen molar-refractivity contribution in [1.29, 1.82) is 0 Å². The quantitative estimate of drug-likeness (QED) is 0.808. The molecule has 3 atom stereocenters. The van der Waals surface area contributed by atoms with Crippen LogP contribution in [0.1, 0.15) is 45.4 Å². The molecule has 3 unspecified atom stereocenters. The van der Waals surface area contributed by atoms with E-state index in [1.807, 2.05) is 0 Å². The van der Waals surface area contributed by atoms with Crippen LogP contribution < -0.4 is 11.1 Å². The van der Waals surface area contributed by atoms with Crippen LogP contribution in [0.2, 0.25) is 0 Å². The van der Waals surface area contributed by atoms with Gasteiger partial charge in [-0.2, -0.15) is 0 Å². The summed E-state index contributed by atoms with van der Waals surface area (Å²) in [5.74, 6) is 1.24. The third kappa shape index (κ3) is 4.18. The van der Waals surface area contributed by atoms with Gasteiger partial charge in [0.2, 0.25) is 5.91 Å². The van der Waals surface area contributed by atoms with Crippen molar-refractivity contribution in [2.45, 2.75) is 51.5 Å². The summed E-state index contributed by atoms with van der Waals surface area (Å²) in [4.78, 5) is 14.6. The highest BCUT2D eigenvalue weighted by atomic mass is 16.1. The second kappa shape index (κ2) is 7.25. The Morgan fingerprint density at radius 1 is 1.32 bits per heavy atom. The third-order valence-corrected chi connectivity index (χ3v) is 4.69. The van der Waals surface area contributed by atoms with E-state index in [4.69, 9.17) is 5.73 Å². The predicted octanol–water partition coefficient (Wildman–Crippen LogP) is 1.35. The van der Waals surface area contributed by atoms with E-state index >= 15 is 0 Å². The Hall–Kier alpha value is -0.610. The number of likely N-dealkylation sites (tertiary alicyclic amines) is 1. The first kappa shape index (κ1) is 14.8. The SMILES string of the molecule is CC1CCCC(N2CCCC(C(=O)NCCN)C2)C1. The van der Waals surface area contributed by atoms with Crippen LogP contribution in [0.4, 0.5) is 0 Å². The van der Waals surface area contributed by atoms with Crippen molar-refractivity contribution in [1.82, 2.24) is 10.2 Å². The number of carbonyl (C=O) groups excluding carboxylic acids is 1. The second-order valence-electron chi connectivity index (χ2n) is 6.34. The van der Waals surface area contributed by atoms with Crippen LogP contribution in [0.3, 0.4) is 0 Å². The fourth-order valence-electron chi connectivity index (χ4n) is 3.63. The number of nitrogens with one attached hydrogen (secondary N) is 1. The van der Waals surface area contributed by atoms with Crippen molar-refractivity contribution >= 4 is 5.91 Å². The summed E-state index contributed by atoms with van der Waals surface area (Å²) in [6.45, 7) is 5.63. The van der Waals surface area contributed by atoms with E-state index in [9.17, 15) is 4.79 Å². The van der Waals surface area contributed by atoms with Crippen molar-refractivity contribution in [3.05, 3.63) is 0 Å². The summed E-state index contributed by atoms with van der Waals surface area (Å²) < 4.78 is 0. The average molecular weight is 267 g/mol. The standard InChI is InChI=1S/C15H29N3O/c1-12-4-2-6-14(10-12)18-9-3-5-13(11-18)15(19)17-8-7-16/h12-14H,2-11,16H2,1H3,(H,17,19). The van der Waals surface area contributed by atoms with E-state index in [1.54, 1.807) is 0 Å². The maximum Gasteiger partial charge on any atom is 0.224 e. The van der Waals surface area contributed by atoms with Crippen molar-refractivity contribution in [2.24, 2.45) is 17.6 Å². The maximum absolute atomic E-state index is 12.1. The van der Waals surface area contributed by atoms with Crippen LogP contribution >= 0.6 is 0 Å². The molecule has 4 nitrogen and oxygen atoms in total. The van der Waals surface area contributed by atoms with Gasteiger partial charge in [-0.1, -0.05) is 19.8 Å². The Labute approximate surface area is 117 Å². The van der Waals surface area contributed by atoms with Gasteiger partial charge in [0.25, 0.3) is 0 Å². The molecule has 1 aliphatic carbocycles. The van der Waals surface area contributed by atoms with Gasteiger partial charge in [-0.05, 0) is 38.1 Å². The van der Waals surface area contributed by atoms with E-state index in [2.05, 4.69) is 17.1 Å². The van der Waals surface area contributed by atoms with E-state index in [1.165, 1.54) is 32.2 Å². The predicted molar refractivity (Wildman–Crippen MR) is 77.8 cm³/mol. The number of hydrogen-bond acceptors (Lipinski definition) is 3. The van der Waals surface area contributed by atoms with Crippen molar-refractivity contribution < 1.29 is 4.79 Å². The Balaban J connectivity index is 1.84. The highest BCUT2D eigenvalue weighted by Gasteiger charge is 2.31. The fourth-order valence-corrected chi connectivity index (χ4v) is 3.63. The number of amides is 1. The number of hydrogen-bond donors (Lipinski definition) is 2. The van der Waals surface area contributed by atoms with Gasteiger partial charge in [0.05, 0.1) is 5.92 Å². The topological polar surface area (TPSA) is 58.4 Å². The van der Waals surface area contributed by atoms with Crippen LogP contribution in [0.25, 0.3) is 0 Å². The maximum atomic E-state index is 12.1. The van der Waals surface area contributed by atoms with Gasteiger partial charge in [0, 0.05) is 25.7 Å². The average Bonchev–Trinajstić information content (AvgIpc) is 2.45. The number of piperidine rings is 1. The highest BCUT2D eigenvalue weighted by molar-refractivity contribution is 5.78. The summed E-state index contributed by atoms with van der Waals surface area (Å²) >= 11 is 0. The van der Waals surface area contributed by atoms with Crippen molar-refractivity contribution in [3.8, 4) is 0 Å². The molecule has 0 aromatic rings. The van der Waals surface area contributed by atoms with Crippen molar-refractivity contribution in [2.75, 3.05) is 26.2 Å². The first-order valence-corrected chi connectivity index (χ1v) is 7.92. The first-order valence-electron chi connectivity index (χ1n) is 7.92. The summed E-state index contributed by atoms with van der Waals surface area (Å²) in [6.07, 6.45) is 7.57. The van der Waals surface area contributed by atoms with E-state index in [-0.39, 0.29) is 11.8 Å². The molecular weight excluding hydrogens is 238 g/mol. The Bertz CT molecular complexity index is 295. The molecule has 1 amide bonds. The zero-order valence-corrected chi connectivity index (χ0v) is 12.2. The number of nitrogens with two attached hydrogens (primary N) is 1. The molecule has 4 heteroatoms. The fraction of sp³-hybridized carbons (Fsp3) is 0.933. The van der Waals surface area contributed by atoms with Gasteiger partial charge in [-0.15, -0.1) is 0 Å². The van der Waals surface area contributed by atoms with Crippen LogP contribution in [0.15, 0.2) is 0 Å². The molecule has 2 fully saturated rings. The van der Waals surface area contributed by atoms with Crippen molar-refractivity contribution in [3.63, 3.8) is 0 Å². The van der Waals surface area contributed by atoms with Gasteiger partial charge in [-0.25, -0.2) is 0 Å². The van der Waals surface area contributed by atoms with Crippen LogP contribution in [0, 0.1) is 11.8 Å². The number of nitrogens with zero attached hydrogens (tertiary/aromatic N) is 1. The molecule has 2 aliphatic rings. The second-order valence-corrected chi connectivity index (χ2v) is 6.34. The van der Waals surface area contributed by atoms with E-state index in [0.717, 1.165) is 25.3 Å². The lowest BCUT2D eigenvalue weighted by Gasteiger charge is -2.41. The Kier molecular flexibility index (Phi) is 5.64. The molecule has 0 spiro atoms. The van der Waals surface area contributed by atoms with E-state index in [0.29, 0.717) is 19.1 Å². The summed E-state index contributed by atoms with van der Waals surface area (Å²) in [5.41, 5.74) is 5.44. The molecule has 0 radical (unpaired) electrons. The highest BCUT2D eigenvalue weighted by Crippen LogP contribution is 2.30. The van der Waals surface area contributed by atoms with Gasteiger partial charge >= 0.3 is 0 Å². The zero-order valence-electron chi connectivity index (χ0n) is 12.2. The monoisotopic (exact) mass is 267 g/mol. The molecule has 3 N–H and O–H groups in total. The Morgan fingerprint density at radius 2 is 2.16 bits per heavy atom. The molecule has 110 valence electrons.